The number of likely N-dealkylation sites (tertiary alicyclic amines) is 1. The molecule has 1 amide bonds. The zero-order valence-electron chi connectivity index (χ0n) is 12.9. The molecule has 0 spiro atoms. The molecule has 1 saturated heterocycles. The molecule has 0 bridgehead atoms. The zero-order chi connectivity index (χ0) is 14.9. The molecule has 1 N–H and O–H groups in total. The van der Waals surface area contributed by atoms with Crippen molar-refractivity contribution in [1.29, 1.82) is 0 Å². The van der Waals surface area contributed by atoms with Crippen LogP contribution in [0, 0.1) is 0 Å². The van der Waals surface area contributed by atoms with Crippen molar-refractivity contribution in [3.05, 3.63) is 16.3 Å². The number of carbonyl (C=O) groups is 1. The summed E-state index contributed by atoms with van der Waals surface area (Å²) in [5, 5.41) is 4.86. The van der Waals surface area contributed by atoms with Crippen LogP contribution in [0.4, 0.5) is 0 Å². The van der Waals surface area contributed by atoms with Gasteiger partial charge in [-0.3, -0.25) is 4.79 Å². The number of piperidine rings is 1. The van der Waals surface area contributed by atoms with Crippen molar-refractivity contribution in [3.63, 3.8) is 0 Å². The third-order valence-corrected chi connectivity index (χ3v) is 4.84. The average Bonchev–Trinajstić information content (AvgIpc) is 3.00. The molecule has 1 aromatic rings. The second kappa shape index (κ2) is 9.05. The highest BCUT2D eigenvalue weighted by Crippen LogP contribution is 2.23. The summed E-state index contributed by atoms with van der Waals surface area (Å²) >= 11 is 1.43. The van der Waals surface area contributed by atoms with Crippen molar-refractivity contribution in [1.82, 2.24) is 10.2 Å². The maximum Gasteiger partial charge on any atom is 0.265 e. The van der Waals surface area contributed by atoms with Crippen LogP contribution < -0.4 is 10.1 Å². The molecule has 0 atom stereocenters. The van der Waals surface area contributed by atoms with Gasteiger partial charge in [-0.15, -0.1) is 11.3 Å². The van der Waals surface area contributed by atoms with Gasteiger partial charge in [0.1, 0.15) is 10.6 Å². The molecule has 0 aliphatic carbocycles. The van der Waals surface area contributed by atoms with Crippen molar-refractivity contribution >= 4 is 17.2 Å². The minimum atomic E-state index is -0.0159. The maximum absolute atomic E-state index is 12.0. The third kappa shape index (κ3) is 5.32. The number of methoxy groups -OCH3 is 1. The van der Waals surface area contributed by atoms with Crippen LogP contribution in [-0.4, -0.2) is 44.1 Å². The van der Waals surface area contributed by atoms with Gasteiger partial charge in [0.25, 0.3) is 5.91 Å². The van der Waals surface area contributed by atoms with E-state index in [4.69, 9.17) is 4.74 Å². The van der Waals surface area contributed by atoms with Crippen LogP contribution in [0.15, 0.2) is 11.4 Å². The van der Waals surface area contributed by atoms with E-state index in [0.717, 1.165) is 13.0 Å². The number of hydrogen-bond acceptors (Lipinski definition) is 4. The number of nitrogens with one attached hydrogen (secondary N) is 1. The standard InChI is InChI=1S/C16H26N2O2S/c1-20-14-8-13-21-15(14)16(19)17-9-4-2-5-10-18-11-6-3-7-12-18/h8,13H,2-7,9-12H2,1H3,(H,17,19). The number of unbranched alkanes of at least 4 members (excludes halogenated alkanes) is 2. The number of amides is 1. The first-order valence-corrected chi connectivity index (χ1v) is 8.81. The Morgan fingerprint density at radius 1 is 1.29 bits per heavy atom. The van der Waals surface area contributed by atoms with Gasteiger partial charge in [-0.2, -0.15) is 0 Å². The maximum atomic E-state index is 12.0. The SMILES string of the molecule is COc1ccsc1C(=O)NCCCCCN1CCCCC1. The fourth-order valence-electron chi connectivity index (χ4n) is 2.73. The van der Waals surface area contributed by atoms with Crippen LogP contribution in [0.25, 0.3) is 0 Å². The molecule has 0 saturated carbocycles. The molecule has 1 aliphatic rings. The van der Waals surface area contributed by atoms with Crippen LogP contribution in [0.5, 0.6) is 5.75 Å². The van der Waals surface area contributed by atoms with Gasteiger partial charge in [0.2, 0.25) is 0 Å². The number of ether oxygens (including phenoxy) is 1. The Bertz CT molecular complexity index is 428. The zero-order valence-corrected chi connectivity index (χ0v) is 13.7. The Balaban J connectivity index is 1.54. The molecule has 4 nitrogen and oxygen atoms in total. The first kappa shape index (κ1) is 16.3. The largest absolute Gasteiger partial charge is 0.495 e. The Morgan fingerprint density at radius 3 is 2.86 bits per heavy atom. The monoisotopic (exact) mass is 310 g/mol. The lowest BCUT2D eigenvalue weighted by Crippen LogP contribution is -2.30. The molecule has 1 aliphatic heterocycles. The van der Waals surface area contributed by atoms with Gasteiger partial charge in [-0.25, -0.2) is 0 Å². The van der Waals surface area contributed by atoms with E-state index in [1.807, 2.05) is 11.4 Å². The third-order valence-electron chi connectivity index (χ3n) is 3.94. The lowest BCUT2D eigenvalue weighted by atomic mass is 10.1. The van der Waals surface area contributed by atoms with Gasteiger partial charge in [0, 0.05) is 6.54 Å². The van der Waals surface area contributed by atoms with E-state index in [9.17, 15) is 4.79 Å². The van der Waals surface area contributed by atoms with Gasteiger partial charge in [0.05, 0.1) is 7.11 Å². The molecule has 1 fully saturated rings. The highest BCUT2D eigenvalue weighted by atomic mass is 32.1. The quantitative estimate of drug-likeness (QED) is 0.750. The second-order valence-corrected chi connectivity index (χ2v) is 6.45. The molecular weight excluding hydrogens is 284 g/mol. The molecule has 0 unspecified atom stereocenters. The smallest absolute Gasteiger partial charge is 0.265 e. The van der Waals surface area contributed by atoms with Gasteiger partial charge in [-0.05, 0) is 56.8 Å². The Labute approximate surface area is 131 Å². The van der Waals surface area contributed by atoms with Crippen molar-refractivity contribution in [2.45, 2.75) is 38.5 Å². The van der Waals surface area contributed by atoms with E-state index in [2.05, 4.69) is 10.2 Å². The molecule has 5 heteroatoms. The van der Waals surface area contributed by atoms with Crippen LogP contribution in [-0.2, 0) is 0 Å². The van der Waals surface area contributed by atoms with E-state index in [1.165, 1.54) is 63.1 Å². The van der Waals surface area contributed by atoms with Gasteiger partial charge < -0.3 is 15.0 Å². The van der Waals surface area contributed by atoms with Crippen molar-refractivity contribution in [2.75, 3.05) is 33.3 Å². The molecule has 0 radical (unpaired) electrons. The average molecular weight is 310 g/mol. The first-order valence-electron chi connectivity index (χ1n) is 7.93. The van der Waals surface area contributed by atoms with Gasteiger partial charge in [-0.1, -0.05) is 12.8 Å². The van der Waals surface area contributed by atoms with Gasteiger partial charge >= 0.3 is 0 Å². The number of rotatable bonds is 8. The molecule has 118 valence electrons. The highest BCUT2D eigenvalue weighted by Gasteiger charge is 2.13. The lowest BCUT2D eigenvalue weighted by Gasteiger charge is -2.26. The Kier molecular flexibility index (Phi) is 7.03. The Hall–Kier alpha value is -1.07. The molecule has 2 heterocycles. The minimum absolute atomic E-state index is 0.0159. The summed E-state index contributed by atoms with van der Waals surface area (Å²) in [6, 6.07) is 1.83. The predicted molar refractivity (Wildman–Crippen MR) is 87.3 cm³/mol. The van der Waals surface area contributed by atoms with Gasteiger partial charge in [0.15, 0.2) is 0 Å². The summed E-state index contributed by atoms with van der Waals surface area (Å²) in [5.41, 5.74) is 0. The summed E-state index contributed by atoms with van der Waals surface area (Å²) in [4.78, 5) is 15.2. The van der Waals surface area contributed by atoms with E-state index in [0.29, 0.717) is 10.6 Å². The fourth-order valence-corrected chi connectivity index (χ4v) is 3.50. The molecule has 21 heavy (non-hydrogen) atoms. The summed E-state index contributed by atoms with van der Waals surface area (Å²) in [6.07, 6.45) is 7.58. The van der Waals surface area contributed by atoms with E-state index < -0.39 is 0 Å². The number of thiophene rings is 1. The molecule has 1 aromatic heterocycles. The normalized spacial score (nSPS) is 15.9. The highest BCUT2D eigenvalue weighted by molar-refractivity contribution is 7.12. The first-order chi connectivity index (χ1) is 10.3. The van der Waals surface area contributed by atoms with Crippen LogP contribution >= 0.6 is 11.3 Å². The molecule has 2 rings (SSSR count). The number of carbonyl (C=O) groups excluding carboxylic acids is 1. The van der Waals surface area contributed by atoms with Crippen LogP contribution in [0.3, 0.4) is 0 Å². The molecule has 0 aromatic carbocycles. The Morgan fingerprint density at radius 2 is 2.10 bits per heavy atom. The van der Waals surface area contributed by atoms with E-state index >= 15 is 0 Å². The van der Waals surface area contributed by atoms with E-state index in [-0.39, 0.29) is 5.91 Å². The van der Waals surface area contributed by atoms with Crippen molar-refractivity contribution in [3.8, 4) is 5.75 Å². The van der Waals surface area contributed by atoms with Crippen molar-refractivity contribution in [2.24, 2.45) is 0 Å². The number of nitrogens with zero attached hydrogens (tertiary/aromatic N) is 1. The fraction of sp³-hybridized carbons (Fsp3) is 0.688. The minimum Gasteiger partial charge on any atom is -0.495 e. The summed E-state index contributed by atoms with van der Waals surface area (Å²) < 4.78 is 5.16. The summed E-state index contributed by atoms with van der Waals surface area (Å²) in [5.74, 6) is 0.653. The van der Waals surface area contributed by atoms with E-state index in [1.54, 1.807) is 7.11 Å². The molecular formula is C16H26N2O2S. The summed E-state index contributed by atoms with van der Waals surface area (Å²) in [6.45, 7) is 4.51. The second-order valence-electron chi connectivity index (χ2n) is 5.54. The topological polar surface area (TPSA) is 41.6 Å². The van der Waals surface area contributed by atoms with Crippen LogP contribution in [0.1, 0.15) is 48.2 Å². The van der Waals surface area contributed by atoms with Crippen molar-refractivity contribution < 1.29 is 9.53 Å². The lowest BCUT2D eigenvalue weighted by molar-refractivity contribution is 0.0954. The number of hydrogen-bond donors (Lipinski definition) is 1. The predicted octanol–water partition coefficient (Wildman–Crippen LogP) is 3.14. The van der Waals surface area contributed by atoms with Crippen LogP contribution in [0.2, 0.25) is 0 Å². The summed E-state index contributed by atoms with van der Waals surface area (Å²) in [7, 11) is 1.60.